The third-order valence-electron chi connectivity index (χ3n) is 2.92. The highest BCUT2D eigenvalue weighted by molar-refractivity contribution is 5.59. The Morgan fingerprint density at radius 1 is 1.28 bits per heavy atom. The molecule has 0 spiro atoms. The Kier molecular flexibility index (Phi) is 3.67. The quantitative estimate of drug-likeness (QED) is 0.902. The van der Waals surface area contributed by atoms with Crippen molar-refractivity contribution in [3.05, 3.63) is 41.9 Å². The standard InChI is InChI=1S/C14H16FNO2/c1-9(16-2)12-6-7-13(18-12)10-4-5-14(17-3)11(15)8-10/h4-9,16H,1-3H3. The zero-order valence-electron chi connectivity index (χ0n) is 10.7. The van der Waals surface area contributed by atoms with Gasteiger partial charge in [0.2, 0.25) is 0 Å². The second-order valence-corrected chi connectivity index (χ2v) is 4.06. The van der Waals surface area contributed by atoms with Crippen LogP contribution in [0.3, 0.4) is 0 Å². The van der Waals surface area contributed by atoms with Crippen LogP contribution in [0.1, 0.15) is 18.7 Å². The first-order chi connectivity index (χ1) is 8.65. The third kappa shape index (κ3) is 2.38. The second-order valence-electron chi connectivity index (χ2n) is 4.06. The Labute approximate surface area is 106 Å². The lowest BCUT2D eigenvalue weighted by Gasteiger charge is -2.06. The van der Waals surface area contributed by atoms with Crippen LogP contribution in [-0.4, -0.2) is 14.2 Å². The van der Waals surface area contributed by atoms with Gasteiger partial charge in [0.1, 0.15) is 11.5 Å². The van der Waals surface area contributed by atoms with Gasteiger partial charge in [-0.25, -0.2) is 4.39 Å². The van der Waals surface area contributed by atoms with Gasteiger partial charge < -0.3 is 14.5 Å². The molecular weight excluding hydrogens is 233 g/mol. The van der Waals surface area contributed by atoms with Crippen molar-refractivity contribution in [2.45, 2.75) is 13.0 Å². The minimum Gasteiger partial charge on any atom is -0.494 e. The molecule has 4 heteroatoms. The SMILES string of the molecule is CNC(C)c1ccc(-c2ccc(OC)c(F)c2)o1. The molecule has 0 aliphatic carbocycles. The van der Waals surface area contributed by atoms with Gasteiger partial charge in [0.25, 0.3) is 0 Å². The molecule has 0 bridgehead atoms. The summed E-state index contributed by atoms with van der Waals surface area (Å²) in [5, 5.41) is 3.09. The van der Waals surface area contributed by atoms with E-state index in [1.54, 1.807) is 12.1 Å². The third-order valence-corrected chi connectivity index (χ3v) is 2.92. The van der Waals surface area contributed by atoms with Crippen LogP contribution in [0.15, 0.2) is 34.7 Å². The van der Waals surface area contributed by atoms with Gasteiger partial charge in [-0.15, -0.1) is 0 Å². The molecule has 1 N–H and O–H groups in total. The highest BCUT2D eigenvalue weighted by Gasteiger charge is 2.11. The highest BCUT2D eigenvalue weighted by atomic mass is 19.1. The Morgan fingerprint density at radius 2 is 2.06 bits per heavy atom. The summed E-state index contributed by atoms with van der Waals surface area (Å²) in [6, 6.07) is 8.62. The molecule has 0 saturated heterocycles. The molecule has 0 amide bonds. The maximum atomic E-state index is 13.6. The molecule has 2 rings (SSSR count). The first-order valence-electron chi connectivity index (χ1n) is 5.76. The van der Waals surface area contributed by atoms with Crippen molar-refractivity contribution in [2.24, 2.45) is 0 Å². The van der Waals surface area contributed by atoms with Crippen molar-refractivity contribution in [1.82, 2.24) is 5.32 Å². The number of halogens is 1. The predicted molar refractivity (Wildman–Crippen MR) is 68.1 cm³/mol. The number of methoxy groups -OCH3 is 1. The minimum absolute atomic E-state index is 0.127. The minimum atomic E-state index is -0.394. The zero-order valence-corrected chi connectivity index (χ0v) is 10.7. The molecule has 2 aromatic rings. The van der Waals surface area contributed by atoms with E-state index in [1.165, 1.54) is 13.2 Å². The van der Waals surface area contributed by atoms with Gasteiger partial charge >= 0.3 is 0 Å². The first kappa shape index (κ1) is 12.6. The number of benzene rings is 1. The largest absolute Gasteiger partial charge is 0.494 e. The number of rotatable bonds is 4. The summed E-state index contributed by atoms with van der Waals surface area (Å²) in [4.78, 5) is 0. The molecule has 1 aromatic heterocycles. The van der Waals surface area contributed by atoms with Crippen LogP contribution in [-0.2, 0) is 0 Å². The lowest BCUT2D eigenvalue weighted by atomic mass is 10.1. The van der Waals surface area contributed by atoms with Gasteiger partial charge in [0, 0.05) is 5.56 Å². The van der Waals surface area contributed by atoms with Crippen LogP contribution in [0.2, 0.25) is 0 Å². The number of furan rings is 1. The first-order valence-corrected chi connectivity index (χ1v) is 5.76. The Morgan fingerprint density at radius 3 is 2.67 bits per heavy atom. The molecular formula is C14H16FNO2. The molecule has 1 aromatic carbocycles. The summed E-state index contributed by atoms with van der Waals surface area (Å²) < 4.78 is 24.2. The van der Waals surface area contributed by atoms with Crippen LogP contribution >= 0.6 is 0 Å². The Balaban J connectivity index is 2.31. The maximum absolute atomic E-state index is 13.6. The topological polar surface area (TPSA) is 34.4 Å². The maximum Gasteiger partial charge on any atom is 0.165 e. The summed E-state index contributed by atoms with van der Waals surface area (Å²) in [6.07, 6.45) is 0. The molecule has 1 unspecified atom stereocenters. The van der Waals surface area contributed by atoms with Gasteiger partial charge in [0.05, 0.1) is 13.2 Å². The summed E-state index contributed by atoms with van der Waals surface area (Å²) >= 11 is 0. The van der Waals surface area contributed by atoms with Crippen molar-refractivity contribution >= 4 is 0 Å². The van der Waals surface area contributed by atoms with Crippen molar-refractivity contribution in [3.8, 4) is 17.1 Å². The van der Waals surface area contributed by atoms with Crippen molar-refractivity contribution in [3.63, 3.8) is 0 Å². The molecule has 96 valence electrons. The summed E-state index contributed by atoms with van der Waals surface area (Å²) in [5.74, 6) is 1.31. The number of nitrogens with one attached hydrogen (secondary N) is 1. The average Bonchev–Trinajstić information content (AvgIpc) is 2.87. The van der Waals surface area contributed by atoms with Crippen LogP contribution < -0.4 is 10.1 Å². The summed E-state index contributed by atoms with van der Waals surface area (Å²) in [6.45, 7) is 2.00. The van der Waals surface area contributed by atoms with E-state index in [4.69, 9.17) is 9.15 Å². The molecule has 3 nitrogen and oxygen atoms in total. The van der Waals surface area contributed by atoms with Gasteiger partial charge in [-0.1, -0.05) is 0 Å². The normalized spacial score (nSPS) is 12.4. The molecule has 0 saturated carbocycles. The Bertz CT molecular complexity index is 536. The lowest BCUT2D eigenvalue weighted by molar-refractivity contribution is 0.386. The van der Waals surface area contributed by atoms with E-state index in [0.717, 1.165) is 5.76 Å². The van der Waals surface area contributed by atoms with Crippen molar-refractivity contribution < 1.29 is 13.5 Å². The zero-order chi connectivity index (χ0) is 13.1. The highest BCUT2D eigenvalue weighted by Crippen LogP contribution is 2.28. The smallest absolute Gasteiger partial charge is 0.165 e. The van der Waals surface area contributed by atoms with Crippen LogP contribution in [0.4, 0.5) is 4.39 Å². The van der Waals surface area contributed by atoms with Gasteiger partial charge in [-0.05, 0) is 44.3 Å². The fourth-order valence-electron chi connectivity index (χ4n) is 1.70. The van der Waals surface area contributed by atoms with E-state index in [0.29, 0.717) is 11.3 Å². The number of hydrogen-bond donors (Lipinski definition) is 1. The van der Waals surface area contributed by atoms with Crippen molar-refractivity contribution in [1.29, 1.82) is 0 Å². The second kappa shape index (κ2) is 5.23. The van der Waals surface area contributed by atoms with E-state index >= 15 is 0 Å². The summed E-state index contributed by atoms with van der Waals surface area (Å²) in [5.41, 5.74) is 0.697. The lowest BCUT2D eigenvalue weighted by Crippen LogP contribution is -2.10. The van der Waals surface area contributed by atoms with Crippen LogP contribution in [0, 0.1) is 5.82 Å². The fourth-order valence-corrected chi connectivity index (χ4v) is 1.70. The molecule has 18 heavy (non-hydrogen) atoms. The van der Waals surface area contributed by atoms with Gasteiger partial charge in [-0.3, -0.25) is 0 Å². The average molecular weight is 249 g/mol. The van der Waals surface area contributed by atoms with Crippen LogP contribution in [0.25, 0.3) is 11.3 Å². The molecule has 0 aliphatic rings. The predicted octanol–water partition coefficient (Wildman–Crippen LogP) is 3.37. The van der Waals surface area contributed by atoms with Crippen LogP contribution in [0.5, 0.6) is 5.75 Å². The van der Waals surface area contributed by atoms with E-state index in [9.17, 15) is 4.39 Å². The molecule has 0 aliphatic heterocycles. The van der Waals surface area contributed by atoms with E-state index in [2.05, 4.69) is 5.32 Å². The monoisotopic (exact) mass is 249 g/mol. The molecule has 1 heterocycles. The van der Waals surface area contributed by atoms with E-state index in [1.807, 2.05) is 26.1 Å². The number of hydrogen-bond acceptors (Lipinski definition) is 3. The van der Waals surface area contributed by atoms with E-state index in [-0.39, 0.29) is 11.8 Å². The van der Waals surface area contributed by atoms with Gasteiger partial charge in [0.15, 0.2) is 11.6 Å². The molecule has 0 radical (unpaired) electrons. The van der Waals surface area contributed by atoms with Gasteiger partial charge in [-0.2, -0.15) is 0 Å². The van der Waals surface area contributed by atoms with Crippen molar-refractivity contribution in [2.75, 3.05) is 14.2 Å². The summed E-state index contributed by atoms with van der Waals surface area (Å²) in [7, 11) is 3.30. The van der Waals surface area contributed by atoms with E-state index < -0.39 is 5.82 Å². The number of ether oxygens (including phenoxy) is 1. The molecule has 1 atom stereocenters. The Hall–Kier alpha value is -1.81. The fraction of sp³-hybridized carbons (Fsp3) is 0.286. The molecule has 0 fully saturated rings.